The molecule has 0 aliphatic rings. The number of amides is 1. The molecule has 8 heteroatoms. The van der Waals surface area contributed by atoms with Crippen molar-refractivity contribution in [3.05, 3.63) is 65.0 Å². The van der Waals surface area contributed by atoms with E-state index in [-0.39, 0.29) is 18.0 Å². The summed E-state index contributed by atoms with van der Waals surface area (Å²) in [6, 6.07) is 12.0. The average Bonchev–Trinajstić information content (AvgIpc) is 3.45. The largest absolute Gasteiger partial charge is 0.468 e. The SMILES string of the molecule is CCC(C)N(CCCNC(=O)Cn1ncc2c([nH]c3ccccc32)c1=O)Cc1ccco1. The minimum atomic E-state index is -0.296. The molecule has 0 bridgehead atoms. The molecule has 8 nitrogen and oxygen atoms in total. The third-order valence-electron chi connectivity index (χ3n) is 5.91. The van der Waals surface area contributed by atoms with E-state index in [2.05, 4.69) is 34.1 Å². The second kappa shape index (κ2) is 9.82. The Labute approximate surface area is 186 Å². The van der Waals surface area contributed by atoms with Crippen LogP contribution in [0.3, 0.4) is 0 Å². The minimum Gasteiger partial charge on any atom is -0.468 e. The molecule has 1 unspecified atom stereocenters. The predicted molar refractivity (Wildman–Crippen MR) is 124 cm³/mol. The molecule has 0 spiro atoms. The molecule has 168 valence electrons. The predicted octanol–water partition coefficient (Wildman–Crippen LogP) is 3.28. The molecule has 32 heavy (non-hydrogen) atoms. The van der Waals surface area contributed by atoms with E-state index in [0.29, 0.717) is 18.1 Å². The summed E-state index contributed by atoms with van der Waals surface area (Å²) in [5.74, 6) is 0.711. The number of nitrogens with one attached hydrogen (secondary N) is 2. The summed E-state index contributed by atoms with van der Waals surface area (Å²) in [5, 5.41) is 8.83. The van der Waals surface area contributed by atoms with E-state index in [4.69, 9.17) is 4.42 Å². The van der Waals surface area contributed by atoms with Crippen LogP contribution >= 0.6 is 0 Å². The van der Waals surface area contributed by atoms with E-state index in [0.717, 1.165) is 48.0 Å². The van der Waals surface area contributed by atoms with Gasteiger partial charge >= 0.3 is 0 Å². The second-order valence-corrected chi connectivity index (χ2v) is 8.08. The molecule has 0 radical (unpaired) electrons. The van der Waals surface area contributed by atoms with Crippen molar-refractivity contribution in [2.45, 2.75) is 45.8 Å². The number of nitrogens with zero attached hydrogens (tertiary/aromatic N) is 3. The lowest BCUT2D eigenvalue weighted by molar-refractivity contribution is -0.121. The van der Waals surface area contributed by atoms with Gasteiger partial charge in [0, 0.05) is 35.4 Å². The van der Waals surface area contributed by atoms with Gasteiger partial charge in [-0.15, -0.1) is 0 Å². The topological polar surface area (TPSA) is 96.2 Å². The van der Waals surface area contributed by atoms with Crippen molar-refractivity contribution in [3.63, 3.8) is 0 Å². The maximum Gasteiger partial charge on any atom is 0.291 e. The highest BCUT2D eigenvalue weighted by Crippen LogP contribution is 2.21. The van der Waals surface area contributed by atoms with Crippen molar-refractivity contribution in [1.29, 1.82) is 0 Å². The zero-order valence-electron chi connectivity index (χ0n) is 18.5. The van der Waals surface area contributed by atoms with Gasteiger partial charge in [-0.3, -0.25) is 14.5 Å². The molecular formula is C24H29N5O3. The number of aromatic amines is 1. The van der Waals surface area contributed by atoms with E-state index in [1.807, 2.05) is 36.4 Å². The number of furan rings is 1. The van der Waals surface area contributed by atoms with Crippen LogP contribution in [0.1, 0.15) is 32.4 Å². The Morgan fingerprint density at radius 2 is 2.09 bits per heavy atom. The van der Waals surface area contributed by atoms with Crippen LogP contribution < -0.4 is 10.9 Å². The van der Waals surface area contributed by atoms with Gasteiger partial charge in [0.2, 0.25) is 5.91 Å². The first kappa shape index (κ1) is 21.8. The Morgan fingerprint density at radius 3 is 2.88 bits per heavy atom. The van der Waals surface area contributed by atoms with Crippen LogP contribution in [-0.2, 0) is 17.9 Å². The van der Waals surface area contributed by atoms with E-state index < -0.39 is 0 Å². The summed E-state index contributed by atoms with van der Waals surface area (Å²) >= 11 is 0. The molecule has 0 fully saturated rings. The molecule has 4 rings (SSSR count). The molecule has 1 aromatic carbocycles. The number of carbonyl (C=O) groups is 1. The van der Waals surface area contributed by atoms with Gasteiger partial charge in [-0.2, -0.15) is 5.10 Å². The lowest BCUT2D eigenvalue weighted by atomic mass is 10.2. The Balaban J connectivity index is 1.32. The summed E-state index contributed by atoms with van der Waals surface area (Å²) < 4.78 is 6.68. The molecule has 3 heterocycles. The fraction of sp³-hybridized carbons (Fsp3) is 0.375. The summed E-state index contributed by atoms with van der Waals surface area (Å²) in [7, 11) is 0. The highest BCUT2D eigenvalue weighted by atomic mass is 16.3. The number of aromatic nitrogens is 3. The Hall–Kier alpha value is -3.39. The molecule has 1 atom stereocenters. The molecule has 3 aromatic heterocycles. The zero-order valence-corrected chi connectivity index (χ0v) is 18.5. The number of H-pyrrole nitrogens is 1. The lowest BCUT2D eigenvalue weighted by Crippen LogP contribution is -2.37. The molecule has 0 saturated carbocycles. The summed E-state index contributed by atoms with van der Waals surface area (Å²) in [6.45, 7) is 6.38. The van der Waals surface area contributed by atoms with Gasteiger partial charge in [0.05, 0.1) is 19.0 Å². The smallest absolute Gasteiger partial charge is 0.291 e. The van der Waals surface area contributed by atoms with Gasteiger partial charge in [-0.05, 0) is 38.0 Å². The van der Waals surface area contributed by atoms with Gasteiger partial charge in [0.1, 0.15) is 17.8 Å². The highest BCUT2D eigenvalue weighted by Gasteiger charge is 2.15. The first-order chi connectivity index (χ1) is 15.6. The van der Waals surface area contributed by atoms with E-state index >= 15 is 0 Å². The van der Waals surface area contributed by atoms with Crippen LogP contribution in [0.4, 0.5) is 0 Å². The first-order valence-corrected chi connectivity index (χ1v) is 11.1. The van der Waals surface area contributed by atoms with Crippen molar-refractivity contribution in [3.8, 4) is 0 Å². The highest BCUT2D eigenvalue weighted by molar-refractivity contribution is 6.06. The maximum absolute atomic E-state index is 12.8. The minimum absolute atomic E-state index is 0.106. The van der Waals surface area contributed by atoms with Gasteiger partial charge < -0.3 is 14.7 Å². The monoisotopic (exact) mass is 435 g/mol. The fourth-order valence-corrected chi connectivity index (χ4v) is 3.91. The number of hydrogen-bond donors (Lipinski definition) is 2. The van der Waals surface area contributed by atoms with E-state index in [9.17, 15) is 9.59 Å². The van der Waals surface area contributed by atoms with Crippen molar-refractivity contribution >= 4 is 27.7 Å². The average molecular weight is 436 g/mol. The van der Waals surface area contributed by atoms with Crippen molar-refractivity contribution in [2.75, 3.05) is 13.1 Å². The van der Waals surface area contributed by atoms with Gasteiger partial charge in [-0.1, -0.05) is 25.1 Å². The van der Waals surface area contributed by atoms with Crippen molar-refractivity contribution in [2.24, 2.45) is 0 Å². The quantitative estimate of drug-likeness (QED) is 0.373. The van der Waals surface area contributed by atoms with E-state index in [1.54, 1.807) is 12.5 Å². The van der Waals surface area contributed by atoms with Crippen LogP contribution in [0.25, 0.3) is 21.8 Å². The zero-order chi connectivity index (χ0) is 22.5. The van der Waals surface area contributed by atoms with Crippen LogP contribution in [-0.4, -0.2) is 44.7 Å². The number of benzene rings is 1. The van der Waals surface area contributed by atoms with Crippen molar-refractivity contribution < 1.29 is 9.21 Å². The third-order valence-corrected chi connectivity index (χ3v) is 5.91. The molecule has 0 aliphatic carbocycles. The summed E-state index contributed by atoms with van der Waals surface area (Å²) in [6.07, 6.45) is 5.17. The van der Waals surface area contributed by atoms with Crippen LogP contribution in [0, 0.1) is 0 Å². The van der Waals surface area contributed by atoms with Crippen molar-refractivity contribution in [1.82, 2.24) is 25.0 Å². The normalized spacial score (nSPS) is 12.6. The summed E-state index contributed by atoms with van der Waals surface area (Å²) in [4.78, 5) is 30.7. The van der Waals surface area contributed by atoms with Crippen LogP contribution in [0.15, 0.2) is 58.1 Å². The van der Waals surface area contributed by atoms with Gasteiger partial charge in [0.15, 0.2) is 0 Å². The maximum atomic E-state index is 12.8. The molecule has 4 aromatic rings. The molecule has 2 N–H and O–H groups in total. The van der Waals surface area contributed by atoms with Crippen LogP contribution in [0.5, 0.6) is 0 Å². The lowest BCUT2D eigenvalue weighted by Gasteiger charge is -2.27. The number of fused-ring (bicyclic) bond motifs is 3. The number of rotatable bonds is 10. The molecule has 0 aliphatic heterocycles. The van der Waals surface area contributed by atoms with Gasteiger partial charge in [0.25, 0.3) is 5.56 Å². The Morgan fingerprint density at radius 1 is 1.25 bits per heavy atom. The molecule has 1 amide bonds. The summed E-state index contributed by atoms with van der Waals surface area (Å²) in [5.41, 5.74) is 1.05. The third kappa shape index (κ3) is 4.75. The van der Waals surface area contributed by atoms with Crippen LogP contribution in [0.2, 0.25) is 0 Å². The standard InChI is InChI=1S/C24H29N5O3/c1-3-17(2)28(15-18-8-6-13-32-18)12-7-11-25-22(30)16-29-24(31)23-20(14-26-29)19-9-4-5-10-21(19)27-23/h4-6,8-10,13-14,17,27H,3,7,11-12,15-16H2,1-2H3,(H,25,30). The second-order valence-electron chi connectivity index (χ2n) is 8.08. The van der Waals surface area contributed by atoms with E-state index in [1.165, 1.54) is 4.68 Å². The number of carbonyl (C=O) groups excluding carboxylic acids is 1. The Bertz CT molecular complexity index is 1240. The number of para-hydroxylation sites is 1. The first-order valence-electron chi connectivity index (χ1n) is 11.1. The Kier molecular flexibility index (Phi) is 6.70. The molecular weight excluding hydrogens is 406 g/mol. The molecule has 0 saturated heterocycles. The van der Waals surface area contributed by atoms with Gasteiger partial charge in [-0.25, -0.2) is 4.68 Å². The fourth-order valence-electron chi connectivity index (χ4n) is 3.91. The number of hydrogen-bond acceptors (Lipinski definition) is 5.